The van der Waals surface area contributed by atoms with Gasteiger partial charge in [-0.25, -0.2) is 18.4 Å². The van der Waals surface area contributed by atoms with E-state index in [1.807, 2.05) is 10.6 Å². The third-order valence-corrected chi connectivity index (χ3v) is 7.38. The number of nitrogens with one attached hydrogen (secondary N) is 2. The number of rotatable bonds is 4. The molecule has 4 aromatic rings. The van der Waals surface area contributed by atoms with Gasteiger partial charge >= 0.3 is 0 Å². The number of aliphatic hydroxyl groups is 1. The molecule has 1 saturated heterocycles. The molecule has 0 unspecified atom stereocenters. The third-order valence-electron chi connectivity index (χ3n) is 5.69. The summed E-state index contributed by atoms with van der Waals surface area (Å²) in [7, 11) is -3.90. The normalized spacial score (nSPS) is 17.0. The Labute approximate surface area is 173 Å². The molecule has 3 aromatic heterocycles. The van der Waals surface area contributed by atoms with E-state index in [9.17, 15) is 13.5 Å². The number of pyridine rings is 1. The molecule has 156 valence electrons. The lowest BCUT2D eigenvalue weighted by molar-refractivity contribution is 0.179. The third kappa shape index (κ3) is 2.92. The predicted octanol–water partition coefficient (Wildman–Crippen LogP) is 2.72. The highest BCUT2D eigenvalue weighted by Crippen LogP contribution is 2.37. The van der Waals surface area contributed by atoms with Crippen LogP contribution in [-0.4, -0.2) is 46.1 Å². The number of H-pyrrole nitrogens is 1. The van der Waals surface area contributed by atoms with Crippen LogP contribution in [0.5, 0.6) is 0 Å². The van der Waals surface area contributed by atoms with Crippen molar-refractivity contribution in [3.05, 3.63) is 48.4 Å². The highest BCUT2D eigenvalue weighted by atomic mass is 32.2. The van der Waals surface area contributed by atoms with Crippen molar-refractivity contribution in [1.29, 1.82) is 0 Å². The largest absolute Gasteiger partial charge is 0.385 e. The summed E-state index contributed by atoms with van der Waals surface area (Å²) in [5.41, 5.74) is 1.50. The van der Waals surface area contributed by atoms with E-state index in [1.54, 1.807) is 43.5 Å². The number of aromatic amines is 1. The van der Waals surface area contributed by atoms with Crippen molar-refractivity contribution in [3.8, 4) is 0 Å². The zero-order valence-electron chi connectivity index (χ0n) is 16.5. The number of hydrogen-bond donors (Lipinski definition) is 3. The number of nitrogens with zero attached hydrogens (tertiary/aromatic N) is 3. The van der Waals surface area contributed by atoms with E-state index >= 15 is 0 Å². The Kier molecular flexibility index (Phi) is 4.61. The summed E-state index contributed by atoms with van der Waals surface area (Å²) in [5.74, 6) is 0.469. The molecule has 0 spiro atoms. The van der Waals surface area contributed by atoms with Gasteiger partial charge in [-0.15, -0.1) is 0 Å². The summed E-state index contributed by atoms with van der Waals surface area (Å²) in [4.78, 5) is 12.3. The molecule has 1 atom stereocenters. The Balaban J connectivity index is 1.87. The van der Waals surface area contributed by atoms with Gasteiger partial charge in [0.25, 0.3) is 0 Å². The Bertz CT molecular complexity index is 1320. The van der Waals surface area contributed by atoms with Crippen molar-refractivity contribution in [2.75, 3.05) is 13.1 Å². The SMILES string of the molecule is C[C@@H](O)c1nc2c(S(=O)(=O)c3ccccc3)nc3[nH]ccc3c2n1C1CCNCC1. The number of aliphatic hydroxyl groups excluding tert-OH is 1. The Morgan fingerprint density at radius 3 is 2.57 bits per heavy atom. The van der Waals surface area contributed by atoms with E-state index in [-0.39, 0.29) is 16.0 Å². The van der Waals surface area contributed by atoms with E-state index in [0.717, 1.165) is 31.3 Å². The Morgan fingerprint density at radius 2 is 1.87 bits per heavy atom. The molecule has 9 heteroatoms. The molecular weight excluding hydrogens is 402 g/mol. The maximum absolute atomic E-state index is 13.5. The van der Waals surface area contributed by atoms with Crippen LogP contribution >= 0.6 is 0 Å². The van der Waals surface area contributed by atoms with Gasteiger partial charge in [0.15, 0.2) is 5.03 Å². The first kappa shape index (κ1) is 19.2. The summed E-state index contributed by atoms with van der Waals surface area (Å²) in [6, 6.07) is 10.3. The molecule has 1 aliphatic rings. The average Bonchev–Trinajstić information content (AvgIpc) is 3.38. The van der Waals surface area contributed by atoms with Gasteiger partial charge in [-0.3, -0.25) is 0 Å². The molecule has 0 radical (unpaired) electrons. The number of imidazole rings is 1. The zero-order chi connectivity index (χ0) is 20.9. The fourth-order valence-corrected chi connectivity index (χ4v) is 5.63. The van der Waals surface area contributed by atoms with E-state index in [2.05, 4.69) is 20.3 Å². The van der Waals surface area contributed by atoms with Gasteiger partial charge in [0.2, 0.25) is 9.84 Å². The first-order valence-electron chi connectivity index (χ1n) is 10.1. The van der Waals surface area contributed by atoms with Crippen molar-refractivity contribution in [2.24, 2.45) is 0 Å². The van der Waals surface area contributed by atoms with E-state index in [0.29, 0.717) is 22.5 Å². The lowest BCUT2D eigenvalue weighted by Crippen LogP contribution is -2.30. The van der Waals surface area contributed by atoms with Crippen LogP contribution < -0.4 is 5.32 Å². The summed E-state index contributed by atoms with van der Waals surface area (Å²) >= 11 is 0. The molecule has 30 heavy (non-hydrogen) atoms. The van der Waals surface area contributed by atoms with Gasteiger partial charge in [0.05, 0.1) is 10.4 Å². The lowest BCUT2D eigenvalue weighted by Gasteiger charge is -2.27. The molecule has 5 rings (SSSR count). The molecule has 1 fully saturated rings. The number of benzene rings is 1. The average molecular weight is 426 g/mol. The minimum atomic E-state index is -3.90. The van der Waals surface area contributed by atoms with Crippen molar-refractivity contribution < 1.29 is 13.5 Å². The Hall–Kier alpha value is -2.75. The van der Waals surface area contributed by atoms with Crippen molar-refractivity contribution in [1.82, 2.24) is 24.8 Å². The summed E-state index contributed by atoms with van der Waals surface area (Å²) < 4.78 is 29.0. The number of piperidine rings is 1. The maximum Gasteiger partial charge on any atom is 0.226 e. The first-order valence-corrected chi connectivity index (χ1v) is 11.5. The van der Waals surface area contributed by atoms with Crippen LogP contribution in [0.2, 0.25) is 0 Å². The van der Waals surface area contributed by atoms with Gasteiger partial charge in [0, 0.05) is 17.6 Å². The molecular formula is C21H23N5O3S. The molecule has 3 N–H and O–H groups in total. The fourth-order valence-electron chi connectivity index (χ4n) is 4.28. The molecule has 0 aliphatic carbocycles. The van der Waals surface area contributed by atoms with Crippen LogP contribution in [0.25, 0.3) is 22.1 Å². The monoisotopic (exact) mass is 425 g/mol. The van der Waals surface area contributed by atoms with Crippen molar-refractivity contribution in [3.63, 3.8) is 0 Å². The van der Waals surface area contributed by atoms with Gasteiger partial charge in [-0.2, -0.15) is 0 Å². The quantitative estimate of drug-likeness (QED) is 0.463. The molecule has 1 aliphatic heterocycles. The first-order chi connectivity index (χ1) is 14.5. The van der Waals surface area contributed by atoms with Crippen LogP contribution in [0, 0.1) is 0 Å². The molecule has 8 nitrogen and oxygen atoms in total. The molecule has 4 heterocycles. The minimum Gasteiger partial charge on any atom is -0.385 e. The Morgan fingerprint density at radius 1 is 1.13 bits per heavy atom. The van der Waals surface area contributed by atoms with E-state index < -0.39 is 15.9 Å². The topological polar surface area (TPSA) is 113 Å². The molecule has 0 amide bonds. The highest BCUT2D eigenvalue weighted by molar-refractivity contribution is 7.91. The van der Waals surface area contributed by atoms with Crippen LogP contribution in [0.4, 0.5) is 0 Å². The fraction of sp³-hybridized carbons (Fsp3) is 0.333. The van der Waals surface area contributed by atoms with Crippen LogP contribution in [0.3, 0.4) is 0 Å². The zero-order valence-corrected chi connectivity index (χ0v) is 17.4. The van der Waals surface area contributed by atoms with E-state index in [1.165, 1.54) is 0 Å². The molecule has 1 aromatic carbocycles. The predicted molar refractivity (Wildman–Crippen MR) is 113 cm³/mol. The van der Waals surface area contributed by atoms with Gasteiger partial charge in [-0.05, 0) is 51.1 Å². The molecule has 0 saturated carbocycles. The van der Waals surface area contributed by atoms with Gasteiger partial charge < -0.3 is 20.0 Å². The summed E-state index contributed by atoms with van der Waals surface area (Å²) in [6.07, 6.45) is 2.66. The second-order valence-corrected chi connectivity index (χ2v) is 9.53. The van der Waals surface area contributed by atoms with Crippen molar-refractivity contribution >= 4 is 31.9 Å². The number of aromatic nitrogens is 4. The second kappa shape index (κ2) is 7.19. The maximum atomic E-state index is 13.5. The standard InChI is InChI=1S/C21H23N5O3S/c1-13(27)20-24-17-18(26(20)14-7-10-22-11-8-14)16-9-12-23-19(16)25-21(17)30(28,29)15-5-3-2-4-6-15/h2-6,9,12-14,22,27H,7-8,10-11H2,1H3,(H,23,25)/t13-/m1/s1. The number of fused-ring (bicyclic) bond motifs is 3. The van der Waals surface area contributed by atoms with Gasteiger partial charge in [-0.1, -0.05) is 18.2 Å². The van der Waals surface area contributed by atoms with Crippen molar-refractivity contribution in [2.45, 2.75) is 41.8 Å². The highest BCUT2D eigenvalue weighted by Gasteiger charge is 2.31. The molecule has 0 bridgehead atoms. The van der Waals surface area contributed by atoms with E-state index in [4.69, 9.17) is 0 Å². The number of sulfone groups is 1. The van der Waals surface area contributed by atoms with Crippen LogP contribution in [0.1, 0.15) is 37.7 Å². The van der Waals surface area contributed by atoms with Crippen LogP contribution in [-0.2, 0) is 9.84 Å². The van der Waals surface area contributed by atoms with Crippen LogP contribution in [0.15, 0.2) is 52.5 Å². The second-order valence-electron chi connectivity index (χ2n) is 7.67. The van der Waals surface area contributed by atoms with Gasteiger partial charge in [0.1, 0.15) is 23.1 Å². The summed E-state index contributed by atoms with van der Waals surface area (Å²) in [5, 5.41) is 14.6. The number of hydrogen-bond acceptors (Lipinski definition) is 6. The lowest BCUT2D eigenvalue weighted by atomic mass is 10.1. The minimum absolute atomic E-state index is 0.0896. The smallest absolute Gasteiger partial charge is 0.226 e. The summed E-state index contributed by atoms with van der Waals surface area (Å²) in [6.45, 7) is 3.38.